The highest BCUT2D eigenvalue weighted by molar-refractivity contribution is 7.52. The van der Waals surface area contributed by atoms with Crippen LogP contribution in [0.15, 0.2) is 18.2 Å². The van der Waals surface area contributed by atoms with E-state index in [2.05, 4.69) is 4.74 Å². The maximum atomic E-state index is 11.2. The second-order valence-corrected chi connectivity index (χ2v) is 5.16. The van der Waals surface area contributed by atoms with Gasteiger partial charge in [-0.25, -0.2) is 4.79 Å². The highest BCUT2D eigenvalue weighted by Crippen LogP contribution is 2.56. The highest BCUT2D eigenvalue weighted by Gasteiger charge is 2.42. The molecule has 0 saturated heterocycles. The first-order chi connectivity index (χ1) is 6.89. The summed E-state index contributed by atoms with van der Waals surface area (Å²) < 4.78 is 15.6. The van der Waals surface area contributed by atoms with E-state index in [1.54, 1.807) is 0 Å². The van der Waals surface area contributed by atoms with E-state index < -0.39 is 19.4 Å². The lowest BCUT2D eigenvalue weighted by atomic mass is 10.1. The summed E-state index contributed by atoms with van der Waals surface area (Å²) in [7, 11) is -4.50. The summed E-state index contributed by atoms with van der Waals surface area (Å²) in [6, 6.07) is 4.17. The molecule has 2 N–H and O–H groups in total. The second kappa shape index (κ2) is 3.32. The number of esters is 1. The van der Waals surface area contributed by atoms with Gasteiger partial charge < -0.3 is 14.5 Å². The molecule has 0 fully saturated rings. The third kappa shape index (κ3) is 1.79. The van der Waals surface area contributed by atoms with Crippen LogP contribution in [0.5, 0.6) is 0 Å². The summed E-state index contributed by atoms with van der Waals surface area (Å²) in [6.07, 6.45) is 0. The van der Waals surface area contributed by atoms with Gasteiger partial charge in [-0.1, -0.05) is 11.6 Å². The van der Waals surface area contributed by atoms with Gasteiger partial charge in [0.2, 0.25) is 5.85 Å². The molecule has 0 radical (unpaired) electrons. The molecule has 0 aliphatic carbocycles. The van der Waals surface area contributed by atoms with Crippen molar-refractivity contribution in [1.29, 1.82) is 0 Å². The predicted molar refractivity (Wildman–Crippen MR) is 51.7 cm³/mol. The standard InChI is InChI=1S/C8H6ClO5P/c9-4-1-2-5-6(3-4)8(14-7(5)10)15(11,12)13/h1-3,8H,(H2,11,12,13). The van der Waals surface area contributed by atoms with E-state index in [0.29, 0.717) is 5.02 Å². The number of hydrogen-bond donors (Lipinski definition) is 2. The van der Waals surface area contributed by atoms with Crippen molar-refractivity contribution >= 4 is 25.2 Å². The van der Waals surface area contributed by atoms with Gasteiger partial charge in [-0.2, -0.15) is 0 Å². The molecule has 2 rings (SSSR count). The molecule has 1 heterocycles. The highest BCUT2D eigenvalue weighted by atomic mass is 35.5. The summed E-state index contributed by atoms with van der Waals surface area (Å²) in [6.45, 7) is 0. The van der Waals surface area contributed by atoms with Crippen molar-refractivity contribution in [2.45, 2.75) is 5.85 Å². The number of cyclic esters (lactones) is 1. The molecule has 1 aliphatic rings. The van der Waals surface area contributed by atoms with Gasteiger partial charge in [-0.15, -0.1) is 0 Å². The SMILES string of the molecule is O=C1OC(P(=O)(O)O)c2cc(Cl)ccc21. The van der Waals surface area contributed by atoms with E-state index >= 15 is 0 Å². The number of benzene rings is 1. The molecule has 0 saturated carbocycles. The van der Waals surface area contributed by atoms with Gasteiger partial charge in [0.25, 0.3) is 0 Å². The van der Waals surface area contributed by atoms with Gasteiger partial charge in [0.05, 0.1) is 5.56 Å². The monoisotopic (exact) mass is 248 g/mol. The average Bonchev–Trinajstić information content (AvgIpc) is 2.42. The van der Waals surface area contributed by atoms with Crippen molar-refractivity contribution in [3.8, 4) is 0 Å². The molecular formula is C8H6ClO5P. The minimum absolute atomic E-state index is 0.140. The molecule has 1 aromatic rings. The van der Waals surface area contributed by atoms with Gasteiger partial charge in [0.15, 0.2) is 0 Å². The lowest BCUT2D eigenvalue weighted by molar-refractivity contribution is 0.0471. The number of rotatable bonds is 1. The van der Waals surface area contributed by atoms with E-state index in [-0.39, 0.29) is 11.1 Å². The molecule has 1 aliphatic heterocycles. The topological polar surface area (TPSA) is 83.8 Å². The fourth-order valence-corrected chi connectivity index (χ4v) is 2.39. The first-order valence-corrected chi connectivity index (χ1v) is 6.01. The summed E-state index contributed by atoms with van der Waals surface area (Å²) in [5.41, 5.74) is 0.286. The van der Waals surface area contributed by atoms with Crippen LogP contribution in [0.4, 0.5) is 0 Å². The summed E-state index contributed by atoms with van der Waals surface area (Å²) >= 11 is 5.67. The van der Waals surface area contributed by atoms with Crippen LogP contribution in [0.1, 0.15) is 21.8 Å². The molecule has 1 atom stereocenters. The normalized spacial score (nSPS) is 19.9. The molecule has 0 amide bonds. The van der Waals surface area contributed by atoms with Gasteiger partial charge in [0, 0.05) is 10.6 Å². The van der Waals surface area contributed by atoms with E-state index in [1.165, 1.54) is 18.2 Å². The van der Waals surface area contributed by atoms with E-state index in [1.807, 2.05) is 0 Å². The molecule has 80 valence electrons. The lowest BCUT2D eigenvalue weighted by Gasteiger charge is -2.11. The van der Waals surface area contributed by atoms with Crippen LogP contribution in [0.2, 0.25) is 5.02 Å². The minimum Gasteiger partial charge on any atom is -0.441 e. The van der Waals surface area contributed by atoms with Crippen LogP contribution in [-0.2, 0) is 9.30 Å². The number of ether oxygens (including phenoxy) is 1. The molecule has 15 heavy (non-hydrogen) atoms. The zero-order valence-electron chi connectivity index (χ0n) is 7.25. The zero-order chi connectivity index (χ0) is 11.2. The maximum absolute atomic E-state index is 11.2. The first kappa shape index (κ1) is 10.6. The number of carbonyl (C=O) groups is 1. The fraction of sp³-hybridized carbons (Fsp3) is 0.125. The third-order valence-electron chi connectivity index (χ3n) is 2.02. The predicted octanol–water partition coefficient (Wildman–Crippen LogP) is 1.69. The average molecular weight is 249 g/mol. The van der Waals surface area contributed by atoms with Crippen LogP contribution in [0.3, 0.4) is 0 Å². The van der Waals surface area contributed by atoms with Crippen LogP contribution in [0.25, 0.3) is 0 Å². The number of halogens is 1. The van der Waals surface area contributed by atoms with Crippen molar-refractivity contribution in [3.05, 3.63) is 34.3 Å². The molecule has 1 unspecified atom stereocenters. The van der Waals surface area contributed by atoms with Gasteiger partial charge in [-0.05, 0) is 18.2 Å². The van der Waals surface area contributed by atoms with Gasteiger partial charge in [-0.3, -0.25) is 4.57 Å². The van der Waals surface area contributed by atoms with E-state index in [9.17, 15) is 9.36 Å². The van der Waals surface area contributed by atoms with Crippen molar-refractivity contribution in [2.24, 2.45) is 0 Å². The zero-order valence-corrected chi connectivity index (χ0v) is 8.90. The largest absolute Gasteiger partial charge is 0.441 e. The van der Waals surface area contributed by atoms with Gasteiger partial charge >= 0.3 is 13.6 Å². The van der Waals surface area contributed by atoms with Crippen LogP contribution < -0.4 is 0 Å². The number of carbonyl (C=O) groups excluding carboxylic acids is 1. The van der Waals surface area contributed by atoms with Crippen LogP contribution >= 0.6 is 19.2 Å². The Balaban J connectivity index is 2.58. The van der Waals surface area contributed by atoms with Crippen molar-refractivity contribution < 1.29 is 23.9 Å². The van der Waals surface area contributed by atoms with Gasteiger partial charge in [0.1, 0.15) is 0 Å². The molecule has 0 bridgehead atoms. The van der Waals surface area contributed by atoms with Crippen molar-refractivity contribution in [3.63, 3.8) is 0 Å². The Hall–Kier alpha value is -0.870. The molecular weight excluding hydrogens is 243 g/mol. The molecule has 0 spiro atoms. The van der Waals surface area contributed by atoms with Crippen molar-refractivity contribution in [2.75, 3.05) is 0 Å². The maximum Gasteiger partial charge on any atom is 0.370 e. The Labute approximate surface area is 89.8 Å². The summed E-state index contributed by atoms with van der Waals surface area (Å²) in [5, 5.41) is 0.297. The molecule has 1 aromatic carbocycles. The Morgan fingerprint density at radius 2 is 2.07 bits per heavy atom. The minimum atomic E-state index is -4.50. The van der Waals surface area contributed by atoms with Crippen LogP contribution in [-0.4, -0.2) is 15.8 Å². The Bertz CT molecular complexity index is 480. The number of fused-ring (bicyclic) bond motifs is 1. The smallest absolute Gasteiger partial charge is 0.370 e. The fourth-order valence-electron chi connectivity index (χ4n) is 1.40. The van der Waals surface area contributed by atoms with E-state index in [0.717, 1.165) is 0 Å². The Morgan fingerprint density at radius 1 is 1.40 bits per heavy atom. The third-order valence-corrected chi connectivity index (χ3v) is 3.25. The molecule has 7 heteroatoms. The molecule has 0 aromatic heterocycles. The quantitative estimate of drug-likeness (QED) is 0.584. The Morgan fingerprint density at radius 3 is 2.67 bits per heavy atom. The molecule has 5 nitrogen and oxygen atoms in total. The summed E-state index contributed by atoms with van der Waals surface area (Å²) in [4.78, 5) is 29.2. The Kier molecular flexibility index (Phi) is 2.35. The van der Waals surface area contributed by atoms with Crippen LogP contribution in [0, 0.1) is 0 Å². The van der Waals surface area contributed by atoms with Crippen molar-refractivity contribution in [1.82, 2.24) is 0 Å². The lowest BCUT2D eigenvalue weighted by Crippen LogP contribution is -1.99. The van der Waals surface area contributed by atoms with E-state index in [4.69, 9.17) is 21.4 Å². The first-order valence-electron chi connectivity index (χ1n) is 3.95. The number of hydrogen-bond acceptors (Lipinski definition) is 3. The summed E-state index contributed by atoms with van der Waals surface area (Å²) in [5.74, 6) is -2.27. The second-order valence-electron chi connectivity index (χ2n) is 3.08.